The molecular formula is C25H27NO3. The van der Waals surface area contributed by atoms with Crippen LogP contribution in [0.2, 0.25) is 0 Å². The minimum absolute atomic E-state index is 0.342. The molecule has 0 spiro atoms. The summed E-state index contributed by atoms with van der Waals surface area (Å²) in [6.07, 6.45) is 3.45. The minimum atomic E-state index is -0.888. The molecule has 3 aromatic rings. The molecule has 4 nitrogen and oxygen atoms in total. The number of aliphatic carboxylic acids is 1. The van der Waals surface area contributed by atoms with Gasteiger partial charge in [0, 0.05) is 11.3 Å². The molecule has 2 N–H and O–H groups in total. The molecule has 0 unspecified atom stereocenters. The van der Waals surface area contributed by atoms with Crippen LogP contribution in [0.5, 0.6) is 0 Å². The van der Waals surface area contributed by atoms with Crippen molar-refractivity contribution < 1.29 is 14.3 Å². The summed E-state index contributed by atoms with van der Waals surface area (Å²) in [7, 11) is 0. The Kier molecular flexibility index (Phi) is 5.92. The average Bonchev–Trinajstić information content (AvgIpc) is 3.22. The zero-order valence-corrected chi connectivity index (χ0v) is 17.6. The van der Waals surface area contributed by atoms with Gasteiger partial charge in [-0.05, 0) is 104 Å². The number of hydrogen-bond donors (Lipinski definition) is 2. The lowest BCUT2D eigenvalue weighted by Gasteiger charge is -2.20. The first-order valence-corrected chi connectivity index (χ1v) is 9.68. The zero-order valence-electron chi connectivity index (χ0n) is 17.6. The van der Waals surface area contributed by atoms with Crippen molar-refractivity contribution in [3.63, 3.8) is 0 Å². The van der Waals surface area contributed by atoms with E-state index in [2.05, 4.69) is 57.3 Å². The SMILES string of the molecule is C/C(=C\c1c(C)c(C)c(-c2ccc(NCc3ccco3)cc2)c(C)c1C)C(=O)O. The van der Waals surface area contributed by atoms with E-state index < -0.39 is 5.97 Å². The highest BCUT2D eigenvalue weighted by Gasteiger charge is 2.16. The topological polar surface area (TPSA) is 62.5 Å². The van der Waals surface area contributed by atoms with Gasteiger partial charge in [0.05, 0.1) is 12.8 Å². The van der Waals surface area contributed by atoms with E-state index in [-0.39, 0.29) is 0 Å². The number of benzene rings is 2. The molecule has 4 heteroatoms. The second kappa shape index (κ2) is 8.39. The number of furan rings is 1. The van der Waals surface area contributed by atoms with Gasteiger partial charge in [0.25, 0.3) is 0 Å². The van der Waals surface area contributed by atoms with E-state index in [9.17, 15) is 9.90 Å². The third kappa shape index (κ3) is 4.27. The van der Waals surface area contributed by atoms with Gasteiger partial charge in [0.15, 0.2) is 0 Å². The standard InChI is InChI=1S/C25H27NO3/c1-15(25(27)28)13-23-16(2)18(4)24(19(5)17(23)3)20-8-10-21(11-9-20)26-14-22-7-6-12-29-22/h6-13,26H,14H2,1-5H3,(H,27,28)/b15-13+. The molecule has 150 valence electrons. The highest BCUT2D eigenvalue weighted by molar-refractivity contribution is 5.92. The number of rotatable bonds is 6. The first kappa shape index (κ1) is 20.5. The molecule has 29 heavy (non-hydrogen) atoms. The van der Waals surface area contributed by atoms with Gasteiger partial charge < -0.3 is 14.8 Å². The van der Waals surface area contributed by atoms with E-state index in [4.69, 9.17) is 4.42 Å². The van der Waals surface area contributed by atoms with Crippen LogP contribution in [0.15, 0.2) is 52.7 Å². The summed E-state index contributed by atoms with van der Waals surface area (Å²) in [4.78, 5) is 11.3. The Balaban J connectivity index is 1.94. The van der Waals surface area contributed by atoms with Gasteiger partial charge in [-0.3, -0.25) is 0 Å². The summed E-state index contributed by atoms with van der Waals surface area (Å²) in [5.74, 6) is 0.00753. The summed E-state index contributed by atoms with van der Waals surface area (Å²) in [6.45, 7) is 10.6. The Hall–Kier alpha value is -3.27. The third-order valence-corrected chi connectivity index (χ3v) is 5.60. The first-order chi connectivity index (χ1) is 13.8. The van der Waals surface area contributed by atoms with Crippen molar-refractivity contribution in [1.82, 2.24) is 0 Å². The number of carbonyl (C=O) groups is 1. The molecule has 0 fully saturated rings. The Morgan fingerprint density at radius 3 is 2.14 bits per heavy atom. The highest BCUT2D eigenvalue weighted by Crippen LogP contribution is 2.35. The number of carboxylic acid groups (broad SMARTS) is 1. The highest BCUT2D eigenvalue weighted by atomic mass is 16.4. The Bertz CT molecular complexity index is 1030. The maximum atomic E-state index is 11.3. The van der Waals surface area contributed by atoms with Gasteiger partial charge in [-0.2, -0.15) is 0 Å². The molecule has 0 aliphatic carbocycles. The van der Waals surface area contributed by atoms with E-state index in [0.717, 1.165) is 33.7 Å². The van der Waals surface area contributed by atoms with Crippen molar-refractivity contribution in [2.24, 2.45) is 0 Å². The second-order valence-electron chi connectivity index (χ2n) is 7.43. The van der Waals surface area contributed by atoms with Crippen molar-refractivity contribution in [2.75, 3.05) is 5.32 Å². The molecule has 0 aliphatic rings. The van der Waals surface area contributed by atoms with Crippen LogP contribution in [0.3, 0.4) is 0 Å². The van der Waals surface area contributed by atoms with Crippen LogP contribution in [0.4, 0.5) is 5.69 Å². The summed E-state index contributed by atoms with van der Waals surface area (Å²) >= 11 is 0. The average molecular weight is 389 g/mol. The van der Waals surface area contributed by atoms with Gasteiger partial charge in [-0.25, -0.2) is 4.79 Å². The molecule has 3 rings (SSSR count). The minimum Gasteiger partial charge on any atom is -0.478 e. The third-order valence-electron chi connectivity index (χ3n) is 5.60. The fraction of sp³-hybridized carbons (Fsp3) is 0.240. The molecule has 2 aromatic carbocycles. The van der Waals surface area contributed by atoms with E-state index in [0.29, 0.717) is 12.1 Å². The van der Waals surface area contributed by atoms with Gasteiger partial charge >= 0.3 is 5.97 Å². The fourth-order valence-corrected chi connectivity index (χ4v) is 3.63. The summed E-state index contributed by atoms with van der Waals surface area (Å²) in [6, 6.07) is 12.2. The number of nitrogens with one attached hydrogen (secondary N) is 1. The Labute approximate surface area is 171 Å². The van der Waals surface area contributed by atoms with Crippen LogP contribution in [-0.4, -0.2) is 11.1 Å². The molecule has 0 bridgehead atoms. The number of hydrogen-bond acceptors (Lipinski definition) is 3. The predicted molar refractivity (Wildman–Crippen MR) is 118 cm³/mol. The van der Waals surface area contributed by atoms with Crippen LogP contribution in [0.1, 0.15) is 40.5 Å². The van der Waals surface area contributed by atoms with Gasteiger partial charge in [-0.15, -0.1) is 0 Å². The van der Waals surface area contributed by atoms with Crippen LogP contribution < -0.4 is 5.32 Å². The Morgan fingerprint density at radius 2 is 1.62 bits per heavy atom. The second-order valence-corrected chi connectivity index (χ2v) is 7.43. The lowest BCUT2D eigenvalue weighted by molar-refractivity contribution is -0.132. The van der Waals surface area contributed by atoms with Crippen molar-refractivity contribution in [1.29, 1.82) is 0 Å². The van der Waals surface area contributed by atoms with Gasteiger partial charge in [-0.1, -0.05) is 12.1 Å². The normalized spacial score (nSPS) is 11.6. The van der Waals surface area contributed by atoms with Gasteiger partial charge in [0.1, 0.15) is 5.76 Å². The van der Waals surface area contributed by atoms with E-state index in [1.807, 2.05) is 12.1 Å². The molecule has 0 amide bonds. The predicted octanol–water partition coefficient (Wildman–Crippen LogP) is 6.28. The maximum absolute atomic E-state index is 11.3. The molecule has 0 aliphatic heterocycles. The molecule has 0 saturated heterocycles. The summed E-state index contributed by atoms with van der Waals surface area (Å²) < 4.78 is 5.36. The lowest BCUT2D eigenvalue weighted by atomic mass is 9.85. The van der Waals surface area contributed by atoms with E-state index in [1.54, 1.807) is 19.3 Å². The van der Waals surface area contributed by atoms with Crippen LogP contribution in [0.25, 0.3) is 17.2 Å². The molecule has 1 aromatic heterocycles. The maximum Gasteiger partial charge on any atom is 0.331 e. The van der Waals surface area contributed by atoms with Crippen molar-refractivity contribution >= 4 is 17.7 Å². The van der Waals surface area contributed by atoms with Crippen molar-refractivity contribution in [3.8, 4) is 11.1 Å². The van der Waals surface area contributed by atoms with Crippen molar-refractivity contribution in [2.45, 2.75) is 41.2 Å². The van der Waals surface area contributed by atoms with E-state index >= 15 is 0 Å². The first-order valence-electron chi connectivity index (χ1n) is 9.68. The molecule has 1 heterocycles. The number of anilines is 1. The smallest absolute Gasteiger partial charge is 0.331 e. The quantitative estimate of drug-likeness (QED) is 0.487. The zero-order chi connectivity index (χ0) is 21.1. The largest absolute Gasteiger partial charge is 0.478 e. The molecule has 0 radical (unpaired) electrons. The molecule has 0 atom stereocenters. The molecule has 0 saturated carbocycles. The Morgan fingerprint density at radius 1 is 1.00 bits per heavy atom. The van der Waals surface area contributed by atoms with Crippen LogP contribution in [0, 0.1) is 27.7 Å². The fourth-order valence-electron chi connectivity index (χ4n) is 3.63. The number of carboxylic acids is 1. The van der Waals surface area contributed by atoms with E-state index in [1.165, 1.54) is 16.7 Å². The van der Waals surface area contributed by atoms with Crippen molar-refractivity contribution in [3.05, 3.63) is 81.8 Å². The van der Waals surface area contributed by atoms with Crippen LogP contribution in [-0.2, 0) is 11.3 Å². The summed E-state index contributed by atoms with van der Waals surface area (Å²) in [5.41, 5.74) is 9.32. The lowest BCUT2D eigenvalue weighted by Crippen LogP contribution is -2.02. The van der Waals surface area contributed by atoms with Gasteiger partial charge in [0.2, 0.25) is 0 Å². The monoisotopic (exact) mass is 389 g/mol. The molecular weight excluding hydrogens is 362 g/mol. The van der Waals surface area contributed by atoms with Crippen LogP contribution >= 0.6 is 0 Å². The summed E-state index contributed by atoms with van der Waals surface area (Å²) in [5, 5.41) is 12.6.